The summed E-state index contributed by atoms with van der Waals surface area (Å²) in [5, 5.41) is 9.70. The van der Waals surface area contributed by atoms with Crippen molar-refractivity contribution in [2.24, 2.45) is 0 Å². The summed E-state index contributed by atoms with van der Waals surface area (Å²) in [6, 6.07) is 7.53. The van der Waals surface area contributed by atoms with E-state index in [1.165, 1.54) is 6.08 Å². The lowest BCUT2D eigenvalue weighted by atomic mass is 10.1. The lowest BCUT2D eigenvalue weighted by Crippen LogP contribution is -2.09. The molecular weight excluding hydrogens is 216 g/mol. The van der Waals surface area contributed by atoms with Crippen molar-refractivity contribution in [3.8, 4) is 0 Å². The second kappa shape index (κ2) is 7.22. The van der Waals surface area contributed by atoms with Crippen molar-refractivity contribution in [2.45, 2.75) is 26.2 Å². The van der Waals surface area contributed by atoms with Crippen molar-refractivity contribution in [2.75, 3.05) is 13.2 Å². The highest BCUT2D eigenvalue weighted by atomic mass is 16.7. The molecule has 3 heteroatoms. The highest BCUT2D eigenvalue weighted by Crippen LogP contribution is 2.23. The van der Waals surface area contributed by atoms with Crippen LogP contribution in [0.4, 0.5) is 0 Å². The third kappa shape index (κ3) is 3.97. The van der Waals surface area contributed by atoms with Crippen molar-refractivity contribution >= 4 is 0 Å². The van der Waals surface area contributed by atoms with E-state index in [1.54, 1.807) is 0 Å². The maximum Gasteiger partial charge on any atom is 0.183 e. The van der Waals surface area contributed by atoms with Gasteiger partial charge in [-0.05, 0) is 25.5 Å². The molecule has 3 nitrogen and oxygen atoms in total. The van der Waals surface area contributed by atoms with Crippen LogP contribution in [0.25, 0.3) is 0 Å². The molecule has 0 radical (unpaired) electrons. The van der Waals surface area contributed by atoms with Crippen LogP contribution in [0.5, 0.6) is 0 Å². The van der Waals surface area contributed by atoms with Gasteiger partial charge in [-0.3, -0.25) is 0 Å². The molecule has 0 saturated carbocycles. The smallest absolute Gasteiger partial charge is 0.183 e. The number of hydrogen-bond acceptors (Lipinski definition) is 3. The van der Waals surface area contributed by atoms with Crippen LogP contribution >= 0.6 is 0 Å². The quantitative estimate of drug-likeness (QED) is 0.584. The van der Waals surface area contributed by atoms with Gasteiger partial charge in [0, 0.05) is 18.8 Å². The first-order valence-corrected chi connectivity index (χ1v) is 5.86. The Balaban J connectivity index is 2.90. The molecule has 1 aromatic carbocycles. The minimum atomic E-state index is -0.654. The highest BCUT2D eigenvalue weighted by molar-refractivity contribution is 5.27. The fourth-order valence-corrected chi connectivity index (χ4v) is 1.57. The normalized spacial score (nSPS) is 12.7. The Labute approximate surface area is 103 Å². The average molecular weight is 236 g/mol. The van der Waals surface area contributed by atoms with Gasteiger partial charge in [-0.15, -0.1) is 6.58 Å². The predicted octanol–water partition coefficient (Wildman–Crippen LogP) is 2.98. The largest absolute Gasteiger partial charge is 0.384 e. The van der Waals surface area contributed by atoms with E-state index in [4.69, 9.17) is 9.47 Å². The molecule has 0 aromatic heterocycles. The molecule has 0 fully saturated rings. The topological polar surface area (TPSA) is 38.7 Å². The summed E-state index contributed by atoms with van der Waals surface area (Å²) in [6.45, 7) is 8.59. The Bertz CT molecular complexity index is 343. The number of hydrogen-bond donors (Lipinski definition) is 1. The zero-order valence-corrected chi connectivity index (χ0v) is 10.4. The number of aliphatic hydroxyl groups excluding tert-OH is 1. The SMILES string of the molecule is C=C[C@H](O)c1cccc(C(OCC)OCC)c1. The van der Waals surface area contributed by atoms with E-state index < -0.39 is 6.10 Å². The van der Waals surface area contributed by atoms with Gasteiger partial charge in [-0.25, -0.2) is 0 Å². The number of benzene rings is 1. The van der Waals surface area contributed by atoms with E-state index in [1.807, 2.05) is 38.1 Å². The summed E-state index contributed by atoms with van der Waals surface area (Å²) in [5.41, 5.74) is 1.70. The van der Waals surface area contributed by atoms with Crippen LogP contribution in [0, 0.1) is 0 Å². The zero-order chi connectivity index (χ0) is 12.7. The predicted molar refractivity (Wildman–Crippen MR) is 67.6 cm³/mol. The first-order valence-electron chi connectivity index (χ1n) is 5.86. The molecule has 1 aromatic rings. The van der Waals surface area contributed by atoms with E-state index in [0.717, 1.165) is 11.1 Å². The molecule has 0 unspecified atom stereocenters. The molecule has 0 amide bonds. The van der Waals surface area contributed by atoms with Crippen LogP contribution in [0.2, 0.25) is 0 Å². The molecule has 1 N–H and O–H groups in total. The van der Waals surface area contributed by atoms with Gasteiger partial charge in [0.1, 0.15) is 0 Å². The summed E-state index contributed by atoms with van der Waals surface area (Å²) in [4.78, 5) is 0. The van der Waals surface area contributed by atoms with Crippen LogP contribution in [-0.4, -0.2) is 18.3 Å². The Kier molecular flexibility index (Phi) is 5.91. The monoisotopic (exact) mass is 236 g/mol. The van der Waals surface area contributed by atoms with Crippen molar-refractivity contribution in [1.82, 2.24) is 0 Å². The Morgan fingerprint density at radius 3 is 2.35 bits per heavy atom. The van der Waals surface area contributed by atoms with E-state index in [0.29, 0.717) is 13.2 Å². The standard InChI is InChI=1S/C14H20O3/c1-4-13(15)11-8-7-9-12(10-11)14(16-5-2)17-6-3/h4,7-10,13-15H,1,5-6H2,2-3H3/t13-/m0/s1. The van der Waals surface area contributed by atoms with Crippen molar-refractivity contribution in [3.63, 3.8) is 0 Å². The van der Waals surface area contributed by atoms with Gasteiger partial charge in [-0.1, -0.05) is 24.3 Å². The number of ether oxygens (including phenoxy) is 2. The second-order valence-electron chi connectivity index (χ2n) is 3.59. The van der Waals surface area contributed by atoms with Gasteiger partial charge in [-0.2, -0.15) is 0 Å². The van der Waals surface area contributed by atoms with Crippen LogP contribution in [0.15, 0.2) is 36.9 Å². The third-order valence-corrected chi connectivity index (χ3v) is 2.38. The fraction of sp³-hybridized carbons (Fsp3) is 0.429. The Hall–Kier alpha value is -1.16. The lowest BCUT2D eigenvalue weighted by Gasteiger charge is -2.18. The molecule has 1 rings (SSSR count). The maximum atomic E-state index is 9.70. The van der Waals surface area contributed by atoms with Crippen LogP contribution in [0.1, 0.15) is 37.4 Å². The first kappa shape index (κ1) is 13.9. The molecule has 0 aliphatic heterocycles. The Morgan fingerprint density at radius 1 is 1.24 bits per heavy atom. The molecule has 0 spiro atoms. The van der Waals surface area contributed by atoms with Crippen LogP contribution in [-0.2, 0) is 9.47 Å². The second-order valence-corrected chi connectivity index (χ2v) is 3.59. The maximum absolute atomic E-state index is 9.70. The van der Waals surface area contributed by atoms with Gasteiger partial charge >= 0.3 is 0 Å². The minimum absolute atomic E-state index is 0.373. The molecule has 0 aliphatic rings. The molecule has 17 heavy (non-hydrogen) atoms. The van der Waals surface area contributed by atoms with Gasteiger partial charge in [0.15, 0.2) is 6.29 Å². The van der Waals surface area contributed by atoms with Crippen molar-refractivity contribution < 1.29 is 14.6 Å². The molecule has 0 saturated heterocycles. The first-order chi connectivity index (χ1) is 8.22. The molecule has 1 atom stereocenters. The fourth-order valence-electron chi connectivity index (χ4n) is 1.57. The highest BCUT2D eigenvalue weighted by Gasteiger charge is 2.12. The zero-order valence-electron chi connectivity index (χ0n) is 10.4. The molecule has 0 bridgehead atoms. The summed E-state index contributed by atoms with van der Waals surface area (Å²) in [6.07, 6.45) is 0.468. The van der Waals surface area contributed by atoms with Crippen LogP contribution in [0.3, 0.4) is 0 Å². The van der Waals surface area contributed by atoms with Crippen molar-refractivity contribution in [3.05, 3.63) is 48.0 Å². The summed E-state index contributed by atoms with van der Waals surface area (Å²) in [5.74, 6) is 0. The van der Waals surface area contributed by atoms with E-state index in [9.17, 15) is 5.11 Å². The molecular formula is C14H20O3. The van der Waals surface area contributed by atoms with Gasteiger partial charge in [0.05, 0.1) is 6.10 Å². The van der Waals surface area contributed by atoms with Gasteiger partial charge < -0.3 is 14.6 Å². The van der Waals surface area contributed by atoms with E-state index in [-0.39, 0.29) is 6.29 Å². The Morgan fingerprint density at radius 2 is 1.82 bits per heavy atom. The average Bonchev–Trinajstić information content (AvgIpc) is 2.37. The van der Waals surface area contributed by atoms with E-state index in [2.05, 4.69) is 6.58 Å². The van der Waals surface area contributed by atoms with E-state index >= 15 is 0 Å². The summed E-state index contributed by atoms with van der Waals surface area (Å²) in [7, 11) is 0. The molecule has 0 aliphatic carbocycles. The molecule has 0 heterocycles. The lowest BCUT2D eigenvalue weighted by molar-refractivity contribution is -0.140. The van der Waals surface area contributed by atoms with Crippen molar-refractivity contribution in [1.29, 1.82) is 0 Å². The van der Waals surface area contributed by atoms with Gasteiger partial charge in [0.25, 0.3) is 0 Å². The minimum Gasteiger partial charge on any atom is -0.384 e. The molecule has 94 valence electrons. The van der Waals surface area contributed by atoms with Gasteiger partial charge in [0.2, 0.25) is 0 Å². The summed E-state index contributed by atoms with van der Waals surface area (Å²) < 4.78 is 11.0. The summed E-state index contributed by atoms with van der Waals surface area (Å²) >= 11 is 0. The van der Waals surface area contributed by atoms with Crippen LogP contribution < -0.4 is 0 Å². The third-order valence-electron chi connectivity index (χ3n) is 2.38. The number of aliphatic hydroxyl groups is 1. The number of rotatable bonds is 7.